The highest BCUT2D eigenvalue weighted by Crippen LogP contribution is 2.44. The van der Waals surface area contributed by atoms with Gasteiger partial charge in [-0.2, -0.15) is 0 Å². The molecule has 0 aromatic heterocycles. The fourth-order valence-electron chi connectivity index (χ4n) is 5.29. The van der Waals surface area contributed by atoms with E-state index in [1.165, 1.54) is 5.56 Å². The zero-order valence-corrected chi connectivity index (χ0v) is 21.0. The number of likely N-dealkylation sites (tertiary alicyclic amines) is 1. The number of benzene rings is 3. The summed E-state index contributed by atoms with van der Waals surface area (Å²) in [6.07, 6.45) is -0.500. The van der Waals surface area contributed by atoms with Crippen LogP contribution in [-0.4, -0.2) is 54.2 Å². The Labute approximate surface area is 219 Å². The summed E-state index contributed by atoms with van der Waals surface area (Å²) >= 11 is 0. The standard InChI is InChI=1S/C30H28F2N2O4/c1-19-22-9-5-6-10-23(22)24-12-11-21(13-25(19)24)28(36)33-15-27(35)34-18-30(32,17-31)14-26(34)29(37)38-16-20-7-3-2-4-8-20/h2-13,19,26H,14-18H2,1H3,(H,33,36)/t19?,26-,30-/m0/s1. The van der Waals surface area contributed by atoms with Crippen LogP contribution in [-0.2, 0) is 20.9 Å². The van der Waals surface area contributed by atoms with Crippen molar-refractivity contribution in [2.45, 2.75) is 37.6 Å². The number of fused-ring (bicyclic) bond motifs is 3. The van der Waals surface area contributed by atoms with Gasteiger partial charge in [-0.3, -0.25) is 9.59 Å². The molecule has 8 heteroatoms. The van der Waals surface area contributed by atoms with E-state index in [-0.39, 0.29) is 12.5 Å². The van der Waals surface area contributed by atoms with E-state index in [0.29, 0.717) is 5.56 Å². The van der Waals surface area contributed by atoms with Gasteiger partial charge in [0.25, 0.3) is 5.91 Å². The second-order valence-corrected chi connectivity index (χ2v) is 9.91. The van der Waals surface area contributed by atoms with Crippen LogP contribution < -0.4 is 5.32 Å². The Kier molecular flexibility index (Phi) is 6.97. The number of alkyl halides is 2. The van der Waals surface area contributed by atoms with E-state index < -0.39 is 55.7 Å². The first kappa shape index (κ1) is 25.6. The third-order valence-electron chi connectivity index (χ3n) is 7.34. The van der Waals surface area contributed by atoms with Crippen molar-refractivity contribution in [1.82, 2.24) is 10.2 Å². The van der Waals surface area contributed by atoms with Gasteiger partial charge < -0.3 is 15.0 Å². The molecule has 3 aromatic rings. The lowest BCUT2D eigenvalue weighted by molar-refractivity contribution is -0.154. The molecular formula is C30H28F2N2O4. The predicted octanol–water partition coefficient (Wildman–Crippen LogP) is 4.57. The van der Waals surface area contributed by atoms with Gasteiger partial charge in [-0.05, 0) is 39.9 Å². The lowest BCUT2D eigenvalue weighted by Crippen LogP contribution is -2.46. The highest BCUT2D eigenvalue weighted by molar-refractivity contribution is 5.98. The number of nitrogens with one attached hydrogen (secondary N) is 1. The molecule has 3 atom stereocenters. The molecule has 6 nitrogen and oxygen atoms in total. The zero-order chi connectivity index (χ0) is 26.9. The molecule has 5 rings (SSSR count). The van der Waals surface area contributed by atoms with Gasteiger partial charge in [-0.15, -0.1) is 0 Å². The highest BCUT2D eigenvalue weighted by Gasteiger charge is 2.50. The molecule has 1 aliphatic heterocycles. The Morgan fingerprint density at radius 2 is 1.71 bits per heavy atom. The molecule has 0 saturated carbocycles. The van der Waals surface area contributed by atoms with Crippen molar-refractivity contribution in [3.05, 3.63) is 95.1 Å². The van der Waals surface area contributed by atoms with Gasteiger partial charge in [0.15, 0.2) is 5.67 Å². The molecule has 1 saturated heterocycles. The monoisotopic (exact) mass is 518 g/mol. The summed E-state index contributed by atoms with van der Waals surface area (Å²) in [6.45, 7) is -0.353. The molecule has 0 bridgehead atoms. The van der Waals surface area contributed by atoms with E-state index in [1.54, 1.807) is 30.3 Å². The van der Waals surface area contributed by atoms with Crippen LogP contribution in [0.25, 0.3) is 11.1 Å². The number of carbonyl (C=O) groups is 3. The average Bonchev–Trinajstić information content (AvgIpc) is 3.46. The van der Waals surface area contributed by atoms with Crippen molar-refractivity contribution in [3.63, 3.8) is 0 Å². The minimum atomic E-state index is -2.35. The predicted molar refractivity (Wildman–Crippen MR) is 138 cm³/mol. The topological polar surface area (TPSA) is 75.7 Å². The number of hydrogen-bond acceptors (Lipinski definition) is 4. The number of ether oxygens (including phenoxy) is 1. The Balaban J connectivity index is 1.24. The summed E-state index contributed by atoms with van der Waals surface area (Å²) < 4.78 is 33.6. The largest absolute Gasteiger partial charge is 0.459 e. The highest BCUT2D eigenvalue weighted by atomic mass is 19.2. The van der Waals surface area contributed by atoms with Gasteiger partial charge in [-0.25, -0.2) is 13.6 Å². The molecule has 38 heavy (non-hydrogen) atoms. The fraction of sp³-hybridized carbons (Fsp3) is 0.300. The summed E-state index contributed by atoms with van der Waals surface area (Å²) in [4.78, 5) is 39.6. The smallest absolute Gasteiger partial charge is 0.329 e. The molecule has 196 valence electrons. The van der Waals surface area contributed by atoms with Crippen molar-refractivity contribution in [2.75, 3.05) is 19.8 Å². The van der Waals surface area contributed by atoms with Crippen molar-refractivity contribution >= 4 is 17.8 Å². The molecule has 2 amide bonds. The van der Waals surface area contributed by atoms with Gasteiger partial charge in [0.05, 0.1) is 13.1 Å². The Morgan fingerprint density at radius 3 is 2.47 bits per heavy atom. The summed E-state index contributed by atoms with van der Waals surface area (Å²) in [5.41, 5.74) is 3.20. The van der Waals surface area contributed by atoms with E-state index in [1.807, 2.05) is 30.3 Å². The number of carbonyl (C=O) groups excluding carboxylic acids is 3. The van der Waals surface area contributed by atoms with E-state index in [9.17, 15) is 23.2 Å². The number of rotatable bonds is 7. The van der Waals surface area contributed by atoms with Gasteiger partial charge in [-0.1, -0.05) is 67.6 Å². The molecular weight excluding hydrogens is 490 g/mol. The number of esters is 1. The van der Waals surface area contributed by atoms with E-state index in [4.69, 9.17) is 4.74 Å². The quantitative estimate of drug-likeness (QED) is 0.465. The van der Waals surface area contributed by atoms with Crippen molar-refractivity contribution in [3.8, 4) is 11.1 Å². The van der Waals surface area contributed by atoms with Crippen LogP contribution in [0.1, 0.15) is 46.3 Å². The van der Waals surface area contributed by atoms with E-state index >= 15 is 0 Å². The SMILES string of the molecule is CC1c2ccccc2-c2ccc(C(=O)NCC(=O)N3C[C@@](F)(CF)C[C@H]3C(=O)OCc3ccccc3)cc21. The molecule has 3 aromatic carbocycles. The van der Waals surface area contributed by atoms with Crippen molar-refractivity contribution in [2.24, 2.45) is 0 Å². The first-order chi connectivity index (χ1) is 18.3. The Hall–Kier alpha value is -4.07. The van der Waals surface area contributed by atoms with Crippen molar-refractivity contribution in [1.29, 1.82) is 0 Å². The minimum Gasteiger partial charge on any atom is -0.459 e. The molecule has 2 aliphatic rings. The van der Waals surface area contributed by atoms with E-state index in [2.05, 4.69) is 24.4 Å². The maximum absolute atomic E-state index is 14.9. The normalized spacial score (nSPS) is 21.5. The number of halogens is 2. The summed E-state index contributed by atoms with van der Waals surface area (Å²) in [6, 6.07) is 21.1. The minimum absolute atomic E-state index is 0.0511. The molecule has 0 radical (unpaired) electrons. The van der Waals surface area contributed by atoms with Gasteiger partial charge >= 0.3 is 5.97 Å². The molecule has 1 N–H and O–H groups in total. The van der Waals surface area contributed by atoms with Crippen LogP contribution in [0.4, 0.5) is 8.78 Å². The van der Waals surface area contributed by atoms with Crippen LogP contribution in [0.15, 0.2) is 72.8 Å². The molecule has 0 spiro atoms. The maximum Gasteiger partial charge on any atom is 0.329 e. The van der Waals surface area contributed by atoms with Crippen LogP contribution in [0.3, 0.4) is 0 Å². The third kappa shape index (κ3) is 4.90. The van der Waals surface area contributed by atoms with Crippen LogP contribution in [0, 0.1) is 0 Å². The molecule has 1 fully saturated rings. The summed E-state index contributed by atoms with van der Waals surface area (Å²) in [5, 5.41) is 2.57. The van der Waals surface area contributed by atoms with Crippen LogP contribution in [0.5, 0.6) is 0 Å². The number of nitrogens with zero attached hydrogens (tertiary/aromatic N) is 1. The fourth-order valence-corrected chi connectivity index (χ4v) is 5.29. The Morgan fingerprint density at radius 1 is 1.00 bits per heavy atom. The average molecular weight is 519 g/mol. The summed E-state index contributed by atoms with van der Waals surface area (Å²) in [5.74, 6) is -1.84. The van der Waals surface area contributed by atoms with Crippen molar-refractivity contribution < 1.29 is 27.9 Å². The second kappa shape index (κ2) is 10.4. The van der Waals surface area contributed by atoms with E-state index in [0.717, 1.165) is 27.2 Å². The second-order valence-electron chi connectivity index (χ2n) is 9.91. The lowest BCUT2D eigenvalue weighted by atomic mass is 9.97. The first-order valence-electron chi connectivity index (χ1n) is 12.6. The third-order valence-corrected chi connectivity index (χ3v) is 7.34. The van der Waals surface area contributed by atoms with Gasteiger partial charge in [0.2, 0.25) is 5.91 Å². The molecule has 1 aliphatic carbocycles. The molecule has 1 heterocycles. The molecule has 1 unspecified atom stereocenters. The lowest BCUT2D eigenvalue weighted by Gasteiger charge is -2.23. The number of amides is 2. The summed E-state index contributed by atoms with van der Waals surface area (Å²) in [7, 11) is 0. The van der Waals surface area contributed by atoms with Crippen LogP contribution in [0.2, 0.25) is 0 Å². The first-order valence-corrected chi connectivity index (χ1v) is 12.6. The zero-order valence-electron chi connectivity index (χ0n) is 21.0. The van der Waals surface area contributed by atoms with Crippen LogP contribution >= 0.6 is 0 Å². The number of hydrogen-bond donors (Lipinski definition) is 1. The Bertz CT molecular complexity index is 1380. The van der Waals surface area contributed by atoms with Gasteiger partial charge in [0.1, 0.15) is 19.3 Å². The van der Waals surface area contributed by atoms with Gasteiger partial charge in [0, 0.05) is 17.9 Å². The maximum atomic E-state index is 14.9.